The number of nitrogens with one attached hydrogen (secondary N) is 2. The van der Waals surface area contributed by atoms with Crippen molar-refractivity contribution in [2.24, 2.45) is 5.10 Å². The molecule has 0 saturated carbocycles. The molecule has 0 aliphatic heterocycles. The van der Waals surface area contributed by atoms with E-state index in [1.165, 1.54) is 18.3 Å². The third-order valence-corrected chi connectivity index (χ3v) is 3.70. The molecule has 2 aromatic carbocycles. The minimum absolute atomic E-state index is 0.0248. The molecule has 2 N–H and O–H groups in total. The Hall–Kier alpha value is -2.29. The van der Waals surface area contributed by atoms with Crippen LogP contribution in [-0.2, 0) is 9.59 Å². The first-order chi connectivity index (χ1) is 11.5. The van der Waals surface area contributed by atoms with Gasteiger partial charge in [0, 0.05) is 22.1 Å². The van der Waals surface area contributed by atoms with Crippen molar-refractivity contribution in [1.29, 1.82) is 0 Å². The summed E-state index contributed by atoms with van der Waals surface area (Å²) < 4.78 is 13.8. The minimum atomic E-state index is -0.369. The second kappa shape index (κ2) is 9.11. The predicted molar refractivity (Wildman–Crippen MR) is 99.2 cm³/mol. The predicted octanol–water partition coefficient (Wildman–Crippen LogP) is 3.30. The molecular formula is C17H15FIN3O2. The molecule has 7 heteroatoms. The Morgan fingerprint density at radius 1 is 1.00 bits per heavy atom. The number of nitrogens with zero attached hydrogens (tertiary/aromatic N) is 1. The number of amides is 2. The quantitative estimate of drug-likeness (QED) is 0.412. The molecule has 24 heavy (non-hydrogen) atoms. The standard InChI is InChI=1S/C17H15FIN3O2/c18-13-3-1-12(2-4-13)11-20-22-17(24)10-9-16(23)21-15-7-5-14(19)6-8-15/h1-8,11H,9-10H2,(H,21,23)(H,22,24). The summed E-state index contributed by atoms with van der Waals surface area (Å²) in [6.07, 6.45) is 1.49. The van der Waals surface area contributed by atoms with E-state index in [4.69, 9.17) is 0 Å². The van der Waals surface area contributed by atoms with E-state index in [2.05, 4.69) is 38.4 Å². The van der Waals surface area contributed by atoms with Gasteiger partial charge in [-0.3, -0.25) is 9.59 Å². The Morgan fingerprint density at radius 3 is 2.29 bits per heavy atom. The number of hydrazone groups is 1. The van der Waals surface area contributed by atoms with Crippen LogP contribution in [0.2, 0.25) is 0 Å². The first kappa shape index (κ1) is 18.1. The maximum absolute atomic E-state index is 12.7. The monoisotopic (exact) mass is 439 g/mol. The van der Waals surface area contributed by atoms with Gasteiger partial charge < -0.3 is 5.32 Å². The van der Waals surface area contributed by atoms with E-state index < -0.39 is 0 Å². The second-order valence-electron chi connectivity index (χ2n) is 4.90. The Labute approximate surface area is 152 Å². The lowest BCUT2D eigenvalue weighted by Gasteiger charge is -2.04. The summed E-state index contributed by atoms with van der Waals surface area (Å²) in [6.45, 7) is 0. The summed E-state index contributed by atoms with van der Waals surface area (Å²) in [5.74, 6) is -0.949. The van der Waals surface area contributed by atoms with Crippen molar-refractivity contribution >= 4 is 46.3 Å². The fourth-order valence-electron chi connectivity index (χ4n) is 1.77. The highest BCUT2D eigenvalue weighted by Crippen LogP contribution is 2.11. The van der Waals surface area contributed by atoms with Crippen LogP contribution in [0.15, 0.2) is 53.6 Å². The van der Waals surface area contributed by atoms with Gasteiger partial charge in [0.05, 0.1) is 6.21 Å². The van der Waals surface area contributed by atoms with Crippen LogP contribution in [0.25, 0.3) is 0 Å². The molecule has 2 rings (SSSR count). The fourth-order valence-corrected chi connectivity index (χ4v) is 2.13. The van der Waals surface area contributed by atoms with Crippen molar-refractivity contribution in [3.8, 4) is 0 Å². The van der Waals surface area contributed by atoms with Gasteiger partial charge in [-0.05, 0) is 64.6 Å². The zero-order valence-corrected chi connectivity index (χ0v) is 14.8. The van der Waals surface area contributed by atoms with E-state index >= 15 is 0 Å². The van der Waals surface area contributed by atoms with Crippen molar-refractivity contribution in [3.63, 3.8) is 0 Å². The Bertz CT molecular complexity index is 731. The molecule has 5 nitrogen and oxygen atoms in total. The van der Waals surface area contributed by atoms with E-state index in [-0.39, 0.29) is 30.5 Å². The average molecular weight is 439 g/mol. The number of benzene rings is 2. The molecule has 0 saturated heterocycles. The number of rotatable bonds is 6. The molecular weight excluding hydrogens is 424 g/mol. The smallest absolute Gasteiger partial charge is 0.240 e. The van der Waals surface area contributed by atoms with Crippen molar-refractivity contribution < 1.29 is 14.0 Å². The highest BCUT2D eigenvalue weighted by atomic mass is 127. The van der Waals surface area contributed by atoms with Crippen LogP contribution in [0.3, 0.4) is 0 Å². The van der Waals surface area contributed by atoms with Gasteiger partial charge in [-0.25, -0.2) is 9.82 Å². The van der Waals surface area contributed by atoms with Gasteiger partial charge in [-0.2, -0.15) is 5.10 Å². The molecule has 0 fully saturated rings. The molecule has 0 radical (unpaired) electrons. The van der Waals surface area contributed by atoms with Gasteiger partial charge in [-0.15, -0.1) is 0 Å². The van der Waals surface area contributed by atoms with Gasteiger partial charge in [0.2, 0.25) is 11.8 Å². The van der Waals surface area contributed by atoms with Gasteiger partial charge in [0.15, 0.2) is 0 Å². The number of anilines is 1. The number of halogens is 2. The number of carbonyl (C=O) groups excluding carboxylic acids is 2. The van der Waals surface area contributed by atoms with E-state index in [1.807, 2.05) is 12.1 Å². The molecule has 2 amide bonds. The molecule has 0 bridgehead atoms. The van der Waals surface area contributed by atoms with Crippen LogP contribution in [-0.4, -0.2) is 18.0 Å². The average Bonchev–Trinajstić information content (AvgIpc) is 2.57. The van der Waals surface area contributed by atoms with Gasteiger partial charge in [-0.1, -0.05) is 12.1 Å². The Kier molecular flexibility index (Phi) is 6.86. The van der Waals surface area contributed by atoms with Crippen LogP contribution < -0.4 is 10.7 Å². The molecule has 0 unspecified atom stereocenters. The third kappa shape index (κ3) is 6.45. The summed E-state index contributed by atoms with van der Waals surface area (Å²) in [4.78, 5) is 23.4. The molecule has 0 heterocycles. The molecule has 0 spiro atoms. The van der Waals surface area contributed by atoms with E-state index in [9.17, 15) is 14.0 Å². The maximum Gasteiger partial charge on any atom is 0.240 e. The lowest BCUT2D eigenvalue weighted by molar-refractivity contribution is -0.124. The zero-order chi connectivity index (χ0) is 17.4. The number of hydrogen-bond acceptors (Lipinski definition) is 3. The van der Waals surface area contributed by atoms with Crippen LogP contribution >= 0.6 is 22.6 Å². The van der Waals surface area contributed by atoms with Gasteiger partial charge >= 0.3 is 0 Å². The molecule has 0 aromatic heterocycles. The zero-order valence-electron chi connectivity index (χ0n) is 12.6. The van der Waals surface area contributed by atoms with E-state index in [0.29, 0.717) is 11.3 Å². The summed E-state index contributed by atoms with van der Waals surface area (Å²) in [5, 5.41) is 6.48. The van der Waals surface area contributed by atoms with Crippen LogP contribution in [0, 0.1) is 9.39 Å². The molecule has 124 valence electrons. The topological polar surface area (TPSA) is 70.6 Å². The van der Waals surface area contributed by atoms with Crippen LogP contribution in [0.4, 0.5) is 10.1 Å². The summed E-state index contributed by atoms with van der Waals surface area (Å²) in [5.41, 5.74) is 3.68. The largest absolute Gasteiger partial charge is 0.326 e. The number of hydrogen-bond donors (Lipinski definition) is 2. The first-order valence-corrected chi connectivity index (χ1v) is 8.24. The van der Waals surface area contributed by atoms with E-state index in [1.54, 1.807) is 24.3 Å². The SMILES string of the molecule is O=C(CCC(=O)Nc1ccc(I)cc1)NN=Cc1ccc(F)cc1. The van der Waals surface area contributed by atoms with E-state index in [0.717, 1.165) is 3.57 Å². The van der Waals surface area contributed by atoms with Crippen LogP contribution in [0.5, 0.6) is 0 Å². The molecule has 2 aromatic rings. The van der Waals surface area contributed by atoms with Crippen molar-refractivity contribution in [2.45, 2.75) is 12.8 Å². The second-order valence-corrected chi connectivity index (χ2v) is 6.15. The summed E-state index contributed by atoms with van der Waals surface area (Å²) >= 11 is 2.18. The first-order valence-electron chi connectivity index (χ1n) is 7.16. The fraction of sp³-hybridized carbons (Fsp3) is 0.118. The molecule has 0 aliphatic rings. The van der Waals surface area contributed by atoms with Crippen LogP contribution in [0.1, 0.15) is 18.4 Å². The number of carbonyl (C=O) groups is 2. The summed E-state index contributed by atoms with van der Waals surface area (Å²) in [6, 6.07) is 13.1. The maximum atomic E-state index is 12.7. The minimum Gasteiger partial charge on any atom is -0.326 e. The third-order valence-electron chi connectivity index (χ3n) is 2.98. The van der Waals surface area contributed by atoms with Crippen molar-refractivity contribution in [2.75, 3.05) is 5.32 Å². The Balaban J connectivity index is 1.71. The molecule has 0 atom stereocenters. The highest BCUT2D eigenvalue weighted by Gasteiger charge is 2.06. The Morgan fingerprint density at radius 2 is 1.62 bits per heavy atom. The van der Waals surface area contributed by atoms with Gasteiger partial charge in [0.1, 0.15) is 5.82 Å². The van der Waals surface area contributed by atoms with Crippen molar-refractivity contribution in [1.82, 2.24) is 5.43 Å². The summed E-state index contributed by atoms with van der Waals surface area (Å²) in [7, 11) is 0. The van der Waals surface area contributed by atoms with Crippen molar-refractivity contribution in [3.05, 3.63) is 63.5 Å². The normalized spacial score (nSPS) is 10.6. The highest BCUT2D eigenvalue weighted by molar-refractivity contribution is 14.1. The van der Waals surface area contributed by atoms with Gasteiger partial charge in [0.25, 0.3) is 0 Å². The lowest BCUT2D eigenvalue weighted by atomic mass is 10.2. The lowest BCUT2D eigenvalue weighted by Crippen LogP contribution is -2.20. The molecule has 0 aliphatic carbocycles.